The molecule has 0 saturated heterocycles. The number of imidazole rings is 1. The molecule has 0 atom stereocenters. The Bertz CT molecular complexity index is 492. The smallest absolute Gasteiger partial charge is 0.267 e. The van der Waals surface area contributed by atoms with Crippen LogP contribution in [0.5, 0.6) is 0 Å². The van der Waals surface area contributed by atoms with Gasteiger partial charge in [0.1, 0.15) is 10.3 Å². The van der Waals surface area contributed by atoms with Gasteiger partial charge in [-0.25, -0.2) is 9.97 Å². The first-order valence-corrected chi connectivity index (χ1v) is 5.01. The third-order valence-corrected chi connectivity index (χ3v) is 2.53. The van der Waals surface area contributed by atoms with Crippen LogP contribution < -0.4 is 10.9 Å². The molecule has 0 saturated carbocycles. The number of halogens is 1. The minimum atomic E-state index is -0.211. The fraction of sp³-hybridized carbons (Fsp3) is 0.125. The SMILES string of the molecule is O=c1[nH]cnc(NCc2cnc[nH]2)c1Br. The van der Waals surface area contributed by atoms with E-state index in [-0.39, 0.29) is 5.56 Å². The summed E-state index contributed by atoms with van der Waals surface area (Å²) in [5.41, 5.74) is 0.709. The summed E-state index contributed by atoms with van der Waals surface area (Å²) in [6.45, 7) is 0.537. The van der Waals surface area contributed by atoms with Crippen LogP contribution in [0.4, 0.5) is 5.82 Å². The molecule has 0 aliphatic rings. The van der Waals surface area contributed by atoms with Gasteiger partial charge in [-0.2, -0.15) is 0 Å². The van der Waals surface area contributed by atoms with E-state index in [0.29, 0.717) is 16.8 Å². The topological polar surface area (TPSA) is 86.5 Å². The number of hydrogen-bond donors (Lipinski definition) is 3. The maximum Gasteiger partial charge on any atom is 0.267 e. The summed E-state index contributed by atoms with van der Waals surface area (Å²) < 4.78 is 0.393. The van der Waals surface area contributed by atoms with Crippen LogP contribution in [-0.2, 0) is 6.54 Å². The Morgan fingerprint density at radius 1 is 1.40 bits per heavy atom. The zero-order valence-electron chi connectivity index (χ0n) is 7.62. The molecule has 2 rings (SSSR count). The van der Waals surface area contributed by atoms with Gasteiger partial charge in [0.15, 0.2) is 0 Å². The van der Waals surface area contributed by atoms with E-state index in [9.17, 15) is 4.79 Å². The summed E-state index contributed by atoms with van der Waals surface area (Å²) >= 11 is 3.15. The summed E-state index contributed by atoms with van der Waals surface area (Å²) in [6.07, 6.45) is 4.65. The fourth-order valence-corrected chi connectivity index (χ4v) is 1.42. The van der Waals surface area contributed by atoms with Crippen LogP contribution in [0.1, 0.15) is 5.69 Å². The van der Waals surface area contributed by atoms with Crippen molar-refractivity contribution in [2.24, 2.45) is 0 Å². The average molecular weight is 270 g/mol. The molecule has 0 unspecified atom stereocenters. The highest BCUT2D eigenvalue weighted by atomic mass is 79.9. The van der Waals surface area contributed by atoms with E-state index < -0.39 is 0 Å². The van der Waals surface area contributed by atoms with Crippen LogP contribution >= 0.6 is 15.9 Å². The Kier molecular flexibility index (Phi) is 2.82. The van der Waals surface area contributed by atoms with Crippen molar-refractivity contribution in [2.75, 3.05) is 5.32 Å². The molecule has 7 heteroatoms. The van der Waals surface area contributed by atoms with Gasteiger partial charge in [-0.3, -0.25) is 4.79 Å². The van der Waals surface area contributed by atoms with E-state index in [1.165, 1.54) is 6.33 Å². The van der Waals surface area contributed by atoms with Crippen LogP contribution in [0.25, 0.3) is 0 Å². The number of nitrogens with one attached hydrogen (secondary N) is 3. The maximum absolute atomic E-state index is 11.2. The van der Waals surface area contributed by atoms with Gasteiger partial charge in [0, 0.05) is 6.20 Å². The zero-order chi connectivity index (χ0) is 10.7. The number of nitrogens with zero attached hydrogens (tertiary/aromatic N) is 2. The summed E-state index contributed by atoms with van der Waals surface area (Å²) in [5.74, 6) is 0.508. The molecule has 0 spiro atoms. The lowest BCUT2D eigenvalue weighted by Gasteiger charge is -2.04. The predicted molar refractivity (Wildman–Crippen MR) is 58.5 cm³/mol. The third kappa shape index (κ3) is 2.24. The summed E-state index contributed by atoms with van der Waals surface area (Å²) in [5, 5.41) is 3.01. The number of rotatable bonds is 3. The molecule has 2 heterocycles. The van der Waals surface area contributed by atoms with Crippen LogP contribution in [0, 0.1) is 0 Å². The van der Waals surface area contributed by atoms with Crippen molar-refractivity contribution in [2.45, 2.75) is 6.54 Å². The van der Waals surface area contributed by atoms with Gasteiger partial charge in [-0.1, -0.05) is 0 Å². The lowest BCUT2D eigenvalue weighted by atomic mass is 10.4. The first kappa shape index (κ1) is 9.91. The molecule has 0 aliphatic heterocycles. The number of H-pyrrole nitrogens is 2. The maximum atomic E-state index is 11.2. The van der Waals surface area contributed by atoms with Crippen molar-refractivity contribution >= 4 is 21.7 Å². The Hall–Kier alpha value is -1.63. The van der Waals surface area contributed by atoms with Gasteiger partial charge >= 0.3 is 0 Å². The molecule has 15 heavy (non-hydrogen) atoms. The molecule has 3 N–H and O–H groups in total. The molecule has 2 aromatic rings. The van der Waals surface area contributed by atoms with E-state index in [2.05, 4.69) is 41.2 Å². The predicted octanol–water partition coefficient (Wildman–Crippen LogP) is 0.868. The fourth-order valence-electron chi connectivity index (χ4n) is 1.07. The second-order valence-electron chi connectivity index (χ2n) is 2.82. The van der Waals surface area contributed by atoms with E-state index in [4.69, 9.17) is 0 Å². The molecule has 0 bridgehead atoms. The Labute approximate surface area is 93.3 Å². The zero-order valence-corrected chi connectivity index (χ0v) is 9.21. The monoisotopic (exact) mass is 269 g/mol. The summed E-state index contributed by atoms with van der Waals surface area (Å²) in [7, 11) is 0. The molecule has 0 aliphatic carbocycles. The Morgan fingerprint density at radius 3 is 3.00 bits per heavy atom. The van der Waals surface area contributed by atoms with E-state index >= 15 is 0 Å². The van der Waals surface area contributed by atoms with Crippen molar-refractivity contribution in [3.8, 4) is 0 Å². The first-order chi connectivity index (χ1) is 7.27. The van der Waals surface area contributed by atoms with Crippen molar-refractivity contribution in [1.82, 2.24) is 19.9 Å². The molecule has 0 radical (unpaired) electrons. The van der Waals surface area contributed by atoms with Gasteiger partial charge in [0.25, 0.3) is 5.56 Å². The van der Waals surface area contributed by atoms with Gasteiger partial charge in [-0.05, 0) is 15.9 Å². The highest BCUT2D eigenvalue weighted by Crippen LogP contribution is 2.13. The molecule has 6 nitrogen and oxygen atoms in total. The summed E-state index contributed by atoms with van der Waals surface area (Å²) in [6, 6.07) is 0. The molecule has 0 amide bonds. The van der Waals surface area contributed by atoms with Crippen molar-refractivity contribution in [3.05, 3.63) is 39.4 Å². The van der Waals surface area contributed by atoms with Crippen LogP contribution in [0.15, 0.2) is 28.1 Å². The van der Waals surface area contributed by atoms with Gasteiger partial charge < -0.3 is 15.3 Å². The number of anilines is 1. The lowest BCUT2D eigenvalue weighted by molar-refractivity contribution is 1.02. The van der Waals surface area contributed by atoms with Crippen molar-refractivity contribution in [1.29, 1.82) is 0 Å². The average Bonchev–Trinajstić information content (AvgIpc) is 2.73. The second kappa shape index (κ2) is 4.26. The number of hydrogen-bond acceptors (Lipinski definition) is 4. The molecule has 2 aromatic heterocycles. The van der Waals surface area contributed by atoms with E-state index in [0.717, 1.165) is 5.69 Å². The number of aromatic nitrogens is 4. The minimum absolute atomic E-state index is 0.211. The highest BCUT2D eigenvalue weighted by Gasteiger charge is 2.04. The molecular weight excluding hydrogens is 262 g/mol. The van der Waals surface area contributed by atoms with Gasteiger partial charge in [0.2, 0.25) is 0 Å². The van der Waals surface area contributed by atoms with Gasteiger partial charge in [0.05, 0.1) is 24.9 Å². The Balaban J connectivity index is 2.12. The molecule has 78 valence electrons. The van der Waals surface area contributed by atoms with Crippen molar-refractivity contribution in [3.63, 3.8) is 0 Å². The van der Waals surface area contributed by atoms with E-state index in [1.54, 1.807) is 12.5 Å². The lowest BCUT2D eigenvalue weighted by Crippen LogP contribution is -2.12. The van der Waals surface area contributed by atoms with Crippen LogP contribution in [-0.4, -0.2) is 19.9 Å². The quantitative estimate of drug-likeness (QED) is 0.772. The Morgan fingerprint density at radius 2 is 2.27 bits per heavy atom. The molecule has 0 fully saturated rings. The largest absolute Gasteiger partial charge is 0.363 e. The molecule has 0 aromatic carbocycles. The second-order valence-corrected chi connectivity index (χ2v) is 3.62. The normalized spacial score (nSPS) is 10.2. The highest BCUT2D eigenvalue weighted by molar-refractivity contribution is 9.10. The summed E-state index contributed by atoms with van der Waals surface area (Å²) in [4.78, 5) is 24.5. The van der Waals surface area contributed by atoms with Crippen LogP contribution in [0.3, 0.4) is 0 Å². The van der Waals surface area contributed by atoms with Crippen LogP contribution in [0.2, 0.25) is 0 Å². The first-order valence-electron chi connectivity index (χ1n) is 4.21. The number of aromatic amines is 2. The van der Waals surface area contributed by atoms with Crippen molar-refractivity contribution < 1.29 is 0 Å². The third-order valence-electron chi connectivity index (χ3n) is 1.80. The van der Waals surface area contributed by atoms with E-state index in [1.807, 2.05) is 0 Å². The van der Waals surface area contributed by atoms with Gasteiger partial charge in [-0.15, -0.1) is 0 Å². The minimum Gasteiger partial charge on any atom is -0.363 e. The molecular formula is C8H8BrN5O. The standard InChI is InChI=1S/C8H8BrN5O/c9-6-7(13-4-14-8(6)15)11-2-5-1-10-3-12-5/h1,3-4H,2H2,(H,10,12)(H2,11,13,14,15).